The second-order valence-corrected chi connectivity index (χ2v) is 35.9. The van der Waals surface area contributed by atoms with Crippen LogP contribution in [-0.2, 0) is 20.0 Å². The zero-order valence-corrected chi connectivity index (χ0v) is 73.7. The molecule has 6 heterocycles. The summed E-state index contributed by atoms with van der Waals surface area (Å²) in [5.74, 6) is -1.11. The molecule has 2 amide bonds. The number of phenolic OH excluding ortho intramolecular Hbond substituents is 2. The summed E-state index contributed by atoms with van der Waals surface area (Å²) >= 11 is 1.69. The molecule has 4 atom stereocenters. The van der Waals surface area contributed by atoms with Crippen LogP contribution in [-0.4, -0.2) is 134 Å². The van der Waals surface area contributed by atoms with E-state index in [1.54, 1.807) is 33.8 Å². The van der Waals surface area contributed by atoms with Crippen LogP contribution < -0.4 is 86.0 Å². The topological polar surface area (TPSA) is 482 Å². The lowest BCUT2D eigenvalue weighted by molar-refractivity contribution is -0.148. The fraction of sp³-hybridized carbons (Fsp3) is 0.349. The van der Waals surface area contributed by atoms with Gasteiger partial charge in [0.05, 0.1) is 52.2 Å². The van der Waals surface area contributed by atoms with E-state index < -0.39 is 163 Å². The smallest absolute Gasteiger partial charge is 0.415 e. The summed E-state index contributed by atoms with van der Waals surface area (Å²) in [5.41, 5.74) is -9.64. The van der Waals surface area contributed by atoms with Gasteiger partial charge in [0.15, 0.2) is 43.5 Å². The number of furan rings is 4. The first kappa shape index (κ1) is 99.6. The molecule has 0 bridgehead atoms. The van der Waals surface area contributed by atoms with Crippen molar-refractivity contribution in [1.29, 1.82) is 0 Å². The first-order valence-electron chi connectivity index (χ1n) is 38.3. The number of carbonyl (C=O) groups excluding carboxylic acids is 2. The lowest BCUT2D eigenvalue weighted by Gasteiger charge is -2.31. The molecule has 0 aliphatic rings. The van der Waals surface area contributed by atoms with Gasteiger partial charge in [0.1, 0.15) is 85.8 Å². The number of anilines is 12. The number of phenols is 2. The molecular weight excluding hydrogens is 1760 g/mol. The highest BCUT2D eigenvalue weighted by atomic mass is 32.3. The van der Waals surface area contributed by atoms with Gasteiger partial charge in [0, 0.05) is 65.1 Å². The van der Waals surface area contributed by atoms with Crippen molar-refractivity contribution in [3.63, 3.8) is 0 Å². The molecule has 12 N–H and O–H groups in total. The highest BCUT2D eigenvalue weighted by molar-refractivity contribution is 7.91. The van der Waals surface area contributed by atoms with Gasteiger partial charge in [-0.3, -0.25) is 47.9 Å². The number of alkyl halides is 6. The first-order valence-corrected chi connectivity index (χ1v) is 43.0. The predicted molar refractivity (Wildman–Crippen MR) is 471 cm³/mol. The number of thiophene rings is 2. The Hall–Kier alpha value is -12.8. The van der Waals surface area contributed by atoms with Gasteiger partial charge in [0.25, 0.3) is 75.3 Å². The monoisotopic (exact) mass is 1850 g/mol. The summed E-state index contributed by atoms with van der Waals surface area (Å²) in [6.07, 6.45) is -7.94. The van der Waals surface area contributed by atoms with Gasteiger partial charge in [-0.15, -0.1) is 22.7 Å². The van der Waals surface area contributed by atoms with Gasteiger partial charge >= 0.3 is 12.4 Å². The zero-order chi connectivity index (χ0) is 93.8. The number of hydrogen-bond acceptors (Lipinski definition) is 32. The summed E-state index contributed by atoms with van der Waals surface area (Å²) < 4.78 is 156. The number of amides is 2. The third kappa shape index (κ3) is 21.2. The number of carbonyl (C=O) groups is 2. The summed E-state index contributed by atoms with van der Waals surface area (Å²) in [7, 11) is -1.88. The summed E-state index contributed by atoms with van der Waals surface area (Å²) in [4.78, 5) is 124. The van der Waals surface area contributed by atoms with E-state index in [4.69, 9.17) is 17.7 Å². The predicted octanol–water partition coefficient (Wildman–Crippen LogP) is 14.0. The first-order chi connectivity index (χ1) is 58.8. The number of aromatic hydroxyl groups is 4. The van der Waals surface area contributed by atoms with Crippen LogP contribution in [0.5, 0.6) is 23.0 Å². The number of nitrogens with zero attached hydrogens (tertiary/aromatic N) is 4. The van der Waals surface area contributed by atoms with E-state index in [-0.39, 0.29) is 116 Å². The van der Waals surface area contributed by atoms with Crippen molar-refractivity contribution in [2.45, 2.75) is 142 Å². The number of nitrogens with one attached hydrogen (secondary N) is 8. The number of aryl methyl sites for hydroxylation is 4. The average molecular weight is 1850 g/mol. The summed E-state index contributed by atoms with van der Waals surface area (Å²) in [6, 6.07) is 13.4. The van der Waals surface area contributed by atoms with E-state index in [0.29, 0.717) is 23.5 Å². The molecule has 6 aromatic carbocycles. The third-order valence-corrected chi connectivity index (χ3v) is 26.5. The molecule has 0 aliphatic carbocycles. The van der Waals surface area contributed by atoms with Gasteiger partial charge in [-0.2, -0.15) is 35.0 Å². The number of rotatable bonds is 31. The number of sulfonamides is 2. The van der Waals surface area contributed by atoms with Crippen LogP contribution in [0.15, 0.2) is 160 Å². The van der Waals surface area contributed by atoms with Gasteiger partial charge in [-0.25, -0.2) is 16.8 Å². The molecule has 0 radical (unpaired) electrons. The van der Waals surface area contributed by atoms with Crippen LogP contribution >= 0.6 is 22.7 Å². The molecule has 12 rings (SSSR count). The third-order valence-electron chi connectivity index (χ3n) is 19.4. The lowest BCUT2D eigenvalue weighted by Crippen LogP contribution is -2.40. The van der Waals surface area contributed by atoms with Crippen molar-refractivity contribution in [3.05, 3.63) is 235 Å². The van der Waals surface area contributed by atoms with E-state index in [1.807, 2.05) is 70.4 Å². The SMILES string of the molecule is C.CCN(CC)S(=O)(=O)c1scc(Nc2c(N[C@@H](c3ccc(C)o3)C(C)(C)C)c(=O)c2=O)c1O.CC[C@@H](Nc1c(Nc2csc(S(=O)(=O)N(CC)CC)c2O)c(=O)c1=O)c1ccc(C)o1.Cc1ccc([C@H](Nc2c(Nc3cccc(C(=O)N(C)C)c3O)c(=O)c2=O)C(F)(F)F)o1.Cc1coc([C@H](Nc2c(Nc3cccc(C(=O)N(C)C)c3O)c(=O)c2=O)C(F)(F)F)c1. The summed E-state index contributed by atoms with van der Waals surface area (Å²) in [6.45, 7) is 22.3. The number of para-hydroxylation sites is 2. The molecule has 0 aliphatic heterocycles. The minimum Gasteiger partial charge on any atom is -0.505 e. The normalized spacial score (nSPS) is 12.9. The number of hydrogen-bond donors (Lipinski definition) is 12. The maximum absolute atomic E-state index is 13.6. The van der Waals surface area contributed by atoms with Crippen molar-refractivity contribution in [2.75, 3.05) is 96.9 Å². The molecule has 127 heavy (non-hydrogen) atoms. The minimum atomic E-state index is -4.83. The largest absolute Gasteiger partial charge is 0.505 e. The molecule has 44 heteroatoms. The van der Waals surface area contributed by atoms with Crippen molar-refractivity contribution < 1.29 is 90.9 Å². The second kappa shape index (κ2) is 39.4. The quantitative estimate of drug-likeness (QED) is 0.0109. The van der Waals surface area contributed by atoms with E-state index in [0.717, 1.165) is 52.6 Å². The molecule has 684 valence electrons. The zero-order valence-electron chi connectivity index (χ0n) is 70.4. The number of halogens is 6. The molecule has 0 spiro atoms. The Bertz CT molecular complexity index is 6360. The average Bonchev–Trinajstić information content (AvgIpc) is 1.58. The number of benzene rings is 2. The van der Waals surface area contributed by atoms with E-state index in [1.165, 1.54) is 114 Å². The van der Waals surface area contributed by atoms with E-state index in [2.05, 4.69) is 31.9 Å². The highest BCUT2D eigenvalue weighted by Crippen LogP contribution is 2.46. The fourth-order valence-corrected chi connectivity index (χ4v) is 18.3. The highest BCUT2D eigenvalue weighted by Gasteiger charge is 2.47. The maximum Gasteiger partial charge on any atom is 0.415 e. The second-order valence-electron chi connectivity index (χ2n) is 29.8. The van der Waals surface area contributed by atoms with Crippen LogP contribution in [0.2, 0.25) is 0 Å². The lowest BCUT2D eigenvalue weighted by atomic mass is 9.85. The molecule has 0 unspecified atom stereocenters. The van der Waals surface area contributed by atoms with Crippen molar-refractivity contribution in [2.24, 2.45) is 5.41 Å². The molecule has 0 fully saturated rings. The van der Waals surface area contributed by atoms with Crippen molar-refractivity contribution in [3.8, 4) is 23.0 Å². The summed E-state index contributed by atoms with van der Waals surface area (Å²) in [5, 5.41) is 65.2. The van der Waals surface area contributed by atoms with Gasteiger partial charge in [-0.05, 0) is 112 Å². The molecule has 0 saturated heterocycles. The fourth-order valence-electron chi connectivity index (χ4n) is 12.6. The Morgan fingerprint density at radius 3 is 1.02 bits per heavy atom. The van der Waals surface area contributed by atoms with Crippen LogP contribution in [0, 0.1) is 33.1 Å². The standard InChI is InChI=1S/C22H29N3O6S2.2C20H18F3N3O5.C20H25N3O6S2.CH4/c1-7-25(8-2)33(29,30)21-17(26)13(11-32-21)23-15-16(19(28)18(15)27)24-20(22(4,5)6)14-10-9-12(3)31-14;1-9-7-12(31-8-9)18(20(21,22)23)25-14-13(16(28)17(14)29)24-11-6-4-5-10(15(11)27)19(30)26(2)3;1-9-7-8-12(31-9)18(20(21,22)23)25-14-13(16(28)17(14)29)24-11-6-4-5-10(15(11)27)19(30)26(2)3;1-5-12(14-9-8-11(4)29-14)21-15-16(19(26)18(15)25)22-13-10-30-20(17(13)24)31(27,28)23(6-2)7-3;/h9-11,20,23-24,26H,7-8H2,1-6H3;2*4-8,18,24-25,27H,1-3H3;8-10,12,21-22,24H,5-7H2,1-4H3;1H4/t20-;2*18-;12-;/m0001./s1. The van der Waals surface area contributed by atoms with Gasteiger partial charge < -0.3 is 90.4 Å². The Labute approximate surface area is 730 Å². The van der Waals surface area contributed by atoms with Gasteiger partial charge in [0.2, 0.25) is 0 Å². The molecule has 0 saturated carbocycles. The van der Waals surface area contributed by atoms with E-state index in [9.17, 15) is 112 Å². The van der Waals surface area contributed by atoms with Gasteiger partial charge in [-0.1, -0.05) is 74.9 Å². The Kier molecular flexibility index (Phi) is 30.9. The Morgan fingerprint density at radius 1 is 0.425 bits per heavy atom. The molecule has 6 aromatic heterocycles. The maximum atomic E-state index is 13.6. The Balaban J connectivity index is 0.000000209. The van der Waals surface area contributed by atoms with Crippen LogP contribution in [0.3, 0.4) is 0 Å². The van der Waals surface area contributed by atoms with Crippen LogP contribution in [0.1, 0.15) is 160 Å². The molecule has 12 aromatic rings. The van der Waals surface area contributed by atoms with E-state index >= 15 is 0 Å². The minimum absolute atomic E-state index is 0. The van der Waals surface area contributed by atoms with Crippen LogP contribution in [0.4, 0.5) is 94.6 Å². The molecule has 34 nitrogen and oxygen atoms in total. The van der Waals surface area contributed by atoms with Crippen LogP contribution in [0.25, 0.3) is 0 Å². The Morgan fingerprint density at radius 2 is 0.732 bits per heavy atom. The van der Waals surface area contributed by atoms with Crippen molar-refractivity contribution >= 4 is 123 Å². The molecular formula is C83H94F6N12O22S4. The van der Waals surface area contributed by atoms with Crippen molar-refractivity contribution in [1.82, 2.24) is 18.4 Å².